The number of urea groups is 1. The van der Waals surface area contributed by atoms with E-state index < -0.39 is 40.8 Å². The highest BCUT2D eigenvalue weighted by Gasteiger charge is 2.22. The molecule has 30 heavy (non-hydrogen) atoms. The molecule has 1 heterocycles. The predicted octanol–water partition coefficient (Wildman–Crippen LogP) is 4.15. The van der Waals surface area contributed by atoms with Crippen LogP contribution in [0.4, 0.5) is 28.8 Å². The van der Waals surface area contributed by atoms with E-state index in [0.29, 0.717) is 28.7 Å². The lowest BCUT2D eigenvalue weighted by Crippen LogP contribution is -2.19. The fourth-order valence-corrected chi connectivity index (χ4v) is 3.05. The van der Waals surface area contributed by atoms with E-state index in [2.05, 4.69) is 20.8 Å². The van der Waals surface area contributed by atoms with Gasteiger partial charge in [-0.05, 0) is 37.3 Å². The summed E-state index contributed by atoms with van der Waals surface area (Å²) in [4.78, 5) is 23.7. The van der Waals surface area contributed by atoms with E-state index in [9.17, 15) is 27.9 Å². The molecular weight excluding hydrogens is 425 g/mol. The van der Waals surface area contributed by atoms with Crippen LogP contribution in [0.1, 0.15) is 17.3 Å². The maximum Gasteiger partial charge on any atom is 0.338 e. The molecule has 0 radical (unpaired) electrons. The number of nitrogens with one attached hydrogen (secondary N) is 2. The SMILES string of the molecule is CCOC(=O)c1ccc(NC(=O)Nc2nnc(-c3cc(F)c(F)c(F)c3O)s2)cc1. The molecule has 1 aromatic heterocycles. The van der Waals surface area contributed by atoms with E-state index in [4.69, 9.17) is 4.74 Å². The Morgan fingerprint density at radius 3 is 2.47 bits per heavy atom. The third-order valence-corrected chi connectivity index (χ3v) is 4.54. The number of aromatic hydroxyl groups is 1. The Hall–Kier alpha value is -3.67. The lowest BCUT2D eigenvalue weighted by molar-refractivity contribution is 0.0526. The lowest BCUT2D eigenvalue weighted by atomic mass is 10.2. The molecule has 0 bridgehead atoms. The maximum absolute atomic E-state index is 13.5. The average molecular weight is 438 g/mol. The molecule has 2 aromatic carbocycles. The second-order valence-corrected chi connectivity index (χ2v) is 6.65. The first-order valence-corrected chi connectivity index (χ1v) is 9.17. The van der Waals surface area contributed by atoms with Crippen LogP contribution in [-0.4, -0.2) is 33.9 Å². The molecule has 0 aliphatic carbocycles. The molecule has 0 saturated carbocycles. The lowest BCUT2D eigenvalue weighted by Gasteiger charge is -2.06. The second-order valence-electron chi connectivity index (χ2n) is 5.67. The fourth-order valence-electron chi connectivity index (χ4n) is 2.29. The van der Waals surface area contributed by atoms with Gasteiger partial charge < -0.3 is 15.2 Å². The Kier molecular flexibility index (Phi) is 6.16. The van der Waals surface area contributed by atoms with E-state index >= 15 is 0 Å². The molecule has 156 valence electrons. The fraction of sp³-hybridized carbons (Fsp3) is 0.111. The van der Waals surface area contributed by atoms with Gasteiger partial charge in [0.25, 0.3) is 0 Å². The van der Waals surface area contributed by atoms with E-state index in [1.54, 1.807) is 6.92 Å². The first-order valence-electron chi connectivity index (χ1n) is 8.35. The molecule has 0 spiro atoms. The highest BCUT2D eigenvalue weighted by Crippen LogP contribution is 2.36. The number of esters is 1. The molecule has 12 heteroatoms. The number of ether oxygens (including phenoxy) is 1. The first kappa shape index (κ1) is 21.0. The molecule has 0 unspecified atom stereocenters. The highest BCUT2D eigenvalue weighted by molar-refractivity contribution is 7.18. The Morgan fingerprint density at radius 2 is 1.80 bits per heavy atom. The van der Waals surface area contributed by atoms with Gasteiger partial charge >= 0.3 is 12.0 Å². The number of phenolic OH excluding ortho intramolecular Hbond substituents is 1. The average Bonchev–Trinajstić information content (AvgIpc) is 3.17. The van der Waals surface area contributed by atoms with Crippen LogP contribution in [0.2, 0.25) is 0 Å². The van der Waals surface area contributed by atoms with Crippen LogP contribution in [-0.2, 0) is 4.74 Å². The van der Waals surface area contributed by atoms with E-state index in [1.807, 2.05) is 0 Å². The molecular formula is C18H13F3N4O4S. The molecule has 3 N–H and O–H groups in total. The van der Waals surface area contributed by atoms with Crippen molar-refractivity contribution in [3.8, 4) is 16.3 Å². The van der Waals surface area contributed by atoms with E-state index in [-0.39, 0.29) is 16.7 Å². The Balaban J connectivity index is 1.68. The smallest absolute Gasteiger partial charge is 0.338 e. The zero-order valence-corrected chi connectivity index (χ0v) is 16.0. The number of halogens is 3. The van der Waals surface area contributed by atoms with Crippen LogP contribution in [0.3, 0.4) is 0 Å². The van der Waals surface area contributed by atoms with Crippen LogP contribution in [0.25, 0.3) is 10.6 Å². The standard InChI is InChI=1S/C18H13F3N4O4S/c1-2-29-16(27)8-3-5-9(6-4-8)22-17(28)23-18-25-24-15(30-18)10-7-11(19)12(20)13(21)14(10)26/h3-7,26H,2H2,1H3,(H2,22,23,25,28). The van der Waals surface area contributed by atoms with Crippen molar-refractivity contribution in [3.63, 3.8) is 0 Å². The van der Waals surface area contributed by atoms with Crippen molar-refractivity contribution in [2.75, 3.05) is 17.2 Å². The van der Waals surface area contributed by atoms with Crippen LogP contribution in [0, 0.1) is 17.5 Å². The molecule has 0 aliphatic heterocycles. The summed E-state index contributed by atoms with van der Waals surface area (Å²) in [6.45, 7) is 1.92. The number of benzene rings is 2. The monoisotopic (exact) mass is 438 g/mol. The molecule has 0 atom stereocenters. The number of nitrogens with zero attached hydrogens (tertiary/aromatic N) is 2. The molecule has 3 rings (SSSR count). The normalized spacial score (nSPS) is 10.5. The van der Waals surface area contributed by atoms with Gasteiger partial charge in [-0.3, -0.25) is 5.32 Å². The summed E-state index contributed by atoms with van der Waals surface area (Å²) >= 11 is 0.703. The number of carbonyl (C=O) groups is 2. The summed E-state index contributed by atoms with van der Waals surface area (Å²) in [5.74, 6) is -6.69. The number of phenols is 1. The molecule has 0 saturated heterocycles. The van der Waals surface area contributed by atoms with Gasteiger partial charge in [0.1, 0.15) is 0 Å². The van der Waals surface area contributed by atoms with Gasteiger partial charge in [-0.2, -0.15) is 4.39 Å². The van der Waals surface area contributed by atoms with Crippen LogP contribution in [0.15, 0.2) is 30.3 Å². The van der Waals surface area contributed by atoms with Crippen molar-refractivity contribution in [2.24, 2.45) is 0 Å². The highest BCUT2D eigenvalue weighted by atomic mass is 32.1. The Morgan fingerprint density at radius 1 is 1.10 bits per heavy atom. The van der Waals surface area contributed by atoms with Gasteiger partial charge in [0.15, 0.2) is 22.4 Å². The van der Waals surface area contributed by atoms with Crippen LogP contribution < -0.4 is 10.6 Å². The quantitative estimate of drug-likeness (QED) is 0.407. The van der Waals surface area contributed by atoms with Crippen LogP contribution >= 0.6 is 11.3 Å². The molecule has 3 aromatic rings. The third kappa shape index (κ3) is 4.49. The summed E-state index contributed by atoms with van der Waals surface area (Å²) in [6, 6.07) is 5.78. The van der Waals surface area contributed by atoms with Gasteiger partial charge in [0.05, 0.1) is 17.7 Å². The Labute approximate surface area is 171 Å². The number of amides is 2. The van der Waals surface area contributed by atoms with Crippen LogP contribution in [0.5, 0.6) is 5.75 Å². The molecule has 2 amide bonds. The summed E-state index contributed by atoms with van der Waals surface area (Å²) in [7, 11) is 0. The Bertz CT molecular complexity index is 1110. The summed E-state index contributed by atoms with van der Waals surface area (Å²) in [5, 5.41) is 21.6. The van der Waals surface area contributed by atoms with E-state index in [1.165, 1.54) is 24.3 Å². The minimum absolute atomic E-state index is 0.0461. The largest absolute Gasteiger partial charge is 0.504 e. The second kappa shape index (κ2) is 8.78. The number of hydrogen-bond donors (Lipinski definition) is 3. The zero-order chi connectivity index (χ0) is 21.8. The topological polar surface area (TPSA) is 113 Å². The van der Waals surface area contributed by atoms with Gasteiger partial charge in [0.2, 0.25) is 10.9 Å². The number of rotatable bonds is 5. The zero-order valence-electron chi connectivity index (χ0n) is 15.2. The molecule has 8 nitrogen and oxygen atoms in total. The minimum atomic E-state index is -1.81. The predicted molar refractivity (Wildman–Crippen MR) is 102 cm³/mol. The van der Waals surface area contributed by atoms with Crippen molar-refractivity contribution in [3.05, 3.63) is 53.3 Å². The number of hydrogen-bond acceptors (Lipinski definition) is 7. The van der Waals surface area contributed by atoms with Gasteiger partial charge in [-0.15, -0.1) is 10.2 Å². The van der Waals surface area contributed by atoms with Crippen molar-refractivity contribution in [2.45, 2.75) is 6.92 Å². The van der Waals surface area contributed by atoms with Crippen molar-refractivity contribution in [1.29, 1.82) is 0 Å². The van der Waals surface area contributed by atoms with Gasteiger partial charge in [0, 0.05) is 5.69 Å². The van der Waals surface area contributed by atoms with Crippen molar-refractivity contribution < 1.29 is 32.6 Å². The summed E-state index contributed by atoms with van der Waals surface area (Å²) in [6.07, 6.45) is 0. The van der Waals surface area contributed by atoms with Gasteiger partial charge in [-0.1, -0.05) is 11.3 Å². The van der Waals surface area contributed by atoms with E-state index in [0.717, 1.165) is 0 Å². The van der Waals surface area contributed by atoms with Crippen molar-refractivity contribution >= 4 is 34.2 Å². The minimum Gasteiger partial charge on any atom is -0.504 e. The number of anilines is 2. The summed E-state index contributed by atoms with van der Waals surface area (Å²) < 4.78 is 44.9. The number of aromatic nitrogens is 2. The molecule has 0 fully saturated rings. The number of carbonyl (C=O) groups excluding carboxylic acids is 2. The summed E-state index contributed by atoms with van der Waals surface area (Å²) in [5.41, 5.74) is 0.271. The van der Waals surface area contributed by atoms with Crippen molar-refractivity contribution in [1.82, 2.24) is 10.2 Å². The maximum atomic E-state index is 13.5. The molecule has 0 aliphatic rings. The van der Waals surface area contributed by atoms with Gasteiger partial charge in [-0.25, -0.2) is 18.4 Å². The first-order chi connectivity index (χ1) is 14.3. The third-order valence-electron chi connectivity index (χ3n) is 3.67.